The Balaban J connectivity index is 2.72. The molecule has 1 atom stereocenters. The molecule has 0 radical (unpaired) electrons. The minimum Gasteiger partial charge on any atom is -0.479 e. The smallest absolute Gasteiger partial charge is 0.333 e. The number of carbonyl (C=O) groups is 1. The number of ether oxygens (including phenoxy) is 1. The number of aliphatic carboxylic acids is 1. The average Bonchev–Trinajstić information content (AvgIpc) is 2.14. The van der Waals surface area contributed by atoms with Gasteiger partial charge in [-0.3, -0.25) is 0 Å². The molecule has 1 N–H and O–H groups in total. The van der Waals surface area contributed by atoms with Gasteiger partial charge in [-0.25, -0.2) is 4.79 Å². The molecule has 0 bridgehead atoms. The molecule has 0 fully saturated rings. The van der Waals surface area contributed by atoms with Gasteiger partial charge in [0.05, 0.1) is 0 Å². The van der Waals surface area contributed by atoms with E-state index in [1.165, 1.54) is 7.11 Å². The number of halogens is 1. The van der Waals surface area contributed by atoms with E-state index in [1.54, 1.807) is 0 Å². The Morgan fingerprint density at radius 2 is 2.36 bits per heavy atom. The molecule has 4 heteroatoms. The molecule has 76 valence electrons. The third-order valence-electron chi connectivity index (χ3n) is 1.87. The lowest BCUT2D eigenvalue weighted by Crippen LogP contribution is -2.24. The lowest BCUT2D eigenvalue weighted by Gasteiger charge is -2.10. The van der Waals surface area contributed by atoms with Crippen LogP contribution in [0, 0.1) is 0 Å². The third kappa shape index (κ3) is 3.12. The lowest BCUT2D eigenvalue weighted by atomic mass is 10.1. The highest BCUT2D eigenvalue weighted by atomic mass is 79.9. The molecule has 3 nitrogen and oxygen atoms in total. The van der Waals surface area contributed by atoms with Crippen LogP contribution in [0.5, 0.6) is 0 Å². The third-order valence-corrected chi connectivity index (χ3v) is 2.36. The summed E-state index contributed by atoms with van der Waals surface area (Å²) in [6.07, 6.45) is -0.394. The highest BCUT2D eigenvalue weighted by Gasteiger charge is 2.16. The van der Waals surface area contributed by atoms with Gasteiger partial charge in [-0.05, 0) is 17.7 Å². The van der Waals surface area contributed by atoms with Crippen molar-refractivity contribution in [3.8, 4) is 0 Å². The standard InChI is InChI=1S/C10H11BrO3/c1-14-9(10(12)13)6-7-3-2-4-8(11)5-7/h2-5,9H,6H2,1H3,(H,12,13)/t9-/m1/s1. The van der Waals surface area contributed by atoms with Crippen LogP contribution < -0.4 is 0 Å². The van der Waals surface area contributed by atoms with E-state index in [0.29, 0.717) is 6.42 Å². The van der Waals surface area contributed by atoms with Gasteiger partial charge in [-0.1, -0.05) is 28.1 Å². The molecule has 1 rings (SSSR count). The van der Waals surface area contributed by atoms with Crippen molar-refractivity contribution < 1.29 is 14.6 Å². The molecule has 0 aliphatic carbocycles. The van der Waals surface area contributed by atoms with E-state index in [1.807, 2.05) is 24.3 Å². The van der Waals surface area contributed by atoms with Crippen LogP contribution in [0.2, 0.25) is 0 Å². The number of benzene rings is 1. The van der Waals surface area contributed by atoms with Crippen LogP contribution in [0.1, 0.15) is 5.56 Å². The molecule has 0 unspecified atom stereocenters. The van der Waals surface area contributed by atoms with Crippen LogP contribution in [0.4, 0.5) is 0 Å². The summed E-state index contributed by atoms with van der Waals surface area (Å²) >= 11 is 3.32. The minimum absolute atomic E-state index is 0.380. The highest BCUT2D eigenvalue weighted by molar-refractivity contribution is 9.10. The van der Waals surface area contributed by atoms with Crippen molar-refractivity contribution in [2.45, 2.75) is 12.5 Å². The lowest BCUT2D eigenvalue weighted by molar-refractivity contribution is -0.148. The van der Waals surface area contributed by atoms with Gasteiger partial charge in [0, 0.05) is 18.0 Å². The second-order valence-electron chi connectivity index (χ2n) is 2.90. The first-order valence-electron chi connectivity index (χ1n) is 4.13. The number of hydrogen-bond acceptors (Lipinski definition) is 2. The molecule has 0 saturated heterocycles. The fourth-order valence-corrected chi connectivity index (χ4v) is 1.60. The Labute approximate surface area is 90.8 Å². The highest BCUT2D eigenvalue weighted by Crippen LogP contribution is 2.13. The zero-order valence-corrected chi connectivity index (χ0v) is 9.32. The predicted octanol–water partition coefficient (Wildman–Crippen LogP) is 2.09. The van der Waals surface area contributed by atoms with Crippen molar-refractivity contribution in [1.29, 1.82) is 0 Å². The number of methoxy groups -OCH3 is 1. The summed E-state index contributed by atoms with van der Waals surface area (Å²) in [5, 5.41) is 8.77. The van der Waals surface area contributed by atoms with Crippen molar-refractivity contribution in [2.24, 2.45) is 0 Å². The van der Waals surface area contributed by atoms with Crippen LogP contribution in [0.25, 0.3) is 0 Å². The van der Waals surface area contributed by atoms with Crippen LogP contribution in [0.15, 0.2) is 28.7 Å². The molecule has 0 amide bonds. The zero-order chi connectivity index (χ0) is 10.6. The van der Waals surface area contributed by atoms with Gasteiger partial charge in [0.2, 0.25) is 0 Å². The van der Waals surface area contributed by atoms with Crippen molar-refractivity contribution in [3.05, 3.63) is 34.3 Å². The first kappa shape index (κ1) is 11.2. The van der Waals surface area contributed by atoms with Gasteiger partial charge in [0.15, 0.2) is 6.10 Å². The summed E-state index contributed by atoms with van der Waals surface area (Å²) in [7, 11) is 1.40. The van der Waals surface area contributed by atoms with E-state index >= 15 is 0 Å². The van der Waals surface area contributed by atoms with Crippen LogP contribution in [-0.4, -0.2) is 24.3 Å². The van der Waals surface area contributed by atoms with Gasteiger partial charge < -0.3 is 9.84 Å². The molecule has 0 aromatic heterocycles. The van der Waals surface area contributed by atoms with Gasteiger partial charge in [-0.15, -0.1) is 0 Å². The molecular weight excluding hydrogens is 248 g/mol. The molecule has 14 heavy (non-hydrogen) atoms. The first-order valence-corrected chi connectivity index (χ1v) is 4.93. The largest absolute Gasteiger partial charge is 0.479 e. The summed E-state index contributed by atoms with van der Waals surface area (Å²) < 4.78 is 5.78. The number of carboxylic acid groups (broad SMARTS) is 1. The van der Waals surface area contributed by atoms with Gasteiger partial charge in [0.25, 0.3) is 0 Å². The molecule has 1 aromatic carbocycles. The van der Waals surface area contributed by atoms with Crippen LogP contribution >= 0.6 is 15.9 Å². The van der Waals surface area contributed by atoms with E-state index in [0.717, 1.165) is 10.0 Å². The van der Waals surface area contributed by atoms with E-state index in [2.05, 4.69) is 15.9 Å². The molecule has 0 aliphatic heterocycles. The van der Waals surface area contributed by atoms with Gasteiger partial charge >= 0.3 is 5.97 Å². The van der Waals surface area contributed by atoms with Crippen LogP contribution in [0.3, 0.4) is 0 Å². The normalized spacial score (nSPS) is 12.4. The fourth-order valence-electron chi connectivity index (χ4n) is 1.15. The topological polar surface area (TPSA) is 46.5 Å². The van der Waals surface area contributed by atoms with E-state index < -0.39 is 12.1 Å². The molecule has 0 saturated carbocycles. The summed E-state index contributed by atoms with van der Waals surface area (Å²) in [6, 6.07) is 7.52. The second-order valence-corrected chi connectivity index (χ2v) is 3.81. The van der Waals surface area contributed by atoms with E-state index in [-0.39, 0.29) is 0 Å². The first-order chi connectivity index (χ1) is 6.63. The quantitative estimate of drug-likeness (QED) is 0.900. The van der Waals surface area contributed by atoms with Gasteiger partial charge in [-0.2, -0.15) is 0 Å². The molecular formula is C10H11BrO3. The molecule has 0 spiro atoms. The maximum atomic E-state index is 10.7. The SMILES string of the molecule is CO[C@H](Cc1cccc(Br)c1)C(=O)O. The predicted molar refractivity (Wildman–Crippen MR) is 56.3 cm³/mol. The Hall–Kier alpha value is -0.870. The maximum Gasteiger partial charge on any atom is 0.333 e. The second kappa shape index (κ2) is 5.12. The number of hydrogen-bond donors (Lipinski definition) is 1. The van der Waals surface area contributed by atoms with Gasteiger partial charge in [0.1, 0.15) is 0 Å². The number of rotatable bonds is 4. The number of carboxylic acids is 1. The molecule has 0 aliphatic rings. The van der Waals surface area contributed by atoms with Crippen molar-refractivity contribution in [3.63, 3.8) is 0 Å². The fraction of sp³-hybridized carbons (Fsp3) is 0.300. The van der Waals surface area contributed by atoms with E-state index in [4.69, 9.17) is 9.84 Å². The maximum absolute atomic E-state index is 10.7. The summed E-state index contributed by atoms with van der Waals surface area (Å²) in [5.74, 6) is -0.938. The molecule has 0 heterocycles. The van der Waals surface area contributed by atoms with Crippen LogP contribution in [-0.2, 0) is 16.0 Å². The molecule has 1 aromatic rings. The Bertz CT molecular complexity index is 325. The van der Waals surface area contributed by atoms with E-state index in [9.17, 15) is 4.79 Å². The summed E-state index contributed by atoms with van der Waals surface area (Å²) in [6.45, 7) is 0. The summed E-state index contributed by atoms with van der Waals surface area (Å²) in [4.78, 5) is 10.7. The Morgan fingerprint density at radius 3 is 2.86 bits per heavy atom. The average molecular weight is 259 g/mol. The minimum atomic E-state index is -0.938. The van der Waals surface area contributed by atoms with Crippen molar-refractivity contribution in [2.75, 3.05) is 7.11 Å². The van der Waals surface area contributed by atoms with Crippen molar-refractivity contribution >= 4 is 21.9 Å². The van der Waals surface area contributed by atoms with Crippen molar-refractivity contribution in [1.82, 2.24) is 0 Å². The Morgan fingerprint density at radius 1 is 1.64 bits per heavy atom. The monoisotopic (exact) mass is 258 g/mol. The summed E-state index contributed by atoms with van der Waals surface area (Å²) in [5.41, 5.74) is 0.939. The Kier molecular flexibility index (Phi) is 4.10. The zero-order valence-electron chi connectivity index (χ0n) is 7.74.